The molecule has 3 aromatic rings. The predicted octanol–water partition coefficient (Wildman–Crippen LogP) is 3.61. The molecule has 1 N–H and O–H groups in total. The van der Waals surface area contributed by atoms with Gasteiger partial charge in [0.2, 0.25) is 0 Å². The number of sulfonamides is 1. The van der Waals surface area contributed by atoms with Crippen molar-refractivity contribution < 1.29 is 18.1 Å². The summed E-state index contributed by atoms with van der Waals surface area (Å²) in [5.41, 5.74) is 0.557. The fraction of sp³-hybridized carbons (Fsp3) is 0.278. The first-order chi connectivity index (χ1) is 13.9. The predicted molar refractivity (Wildman–Crippen MR) is 112 cm³/mol. The number of nitro groups is 1. The van der Waals surface area contributed by atoms with Crippen LogP contribution in [0.4, 0.5) is 16.5 Å². The quantitative estimate of drug-likeness (QED) is 0.465. The van der Waals surface area contributed by atoms with E-state index in [4.69, 9.17) is 4.74 Å². The van der Waals surface area contributed by atoms with Crippen LogP contribution >= 0.6 is 11.3 Å². The Hall–Kier alpha value is -2.92. The van der Waals surface area contributed by atoms with Crippen LogP contribution in [0.5, 0.6) is 5.75 Å². The largest absolute Gasteiger partial charge is 0.497 e. The van der Waals surface area contributed by atoms with Gasteiger partial charge in [0, 0.05) is 13.1 Å². The molecular weight excluding hydrogens is 416 g/mol. The lowest BCUT2D eigenvalue weighted by molar-refractivity contribution is -0.387. The summed E-state index contributed by atoms with van der Waals surface area (Å²) in [6.45, 7) is 1.95. The molecule has 2 aromatic carbocycles. The van der Waals surface area contributed by atoms with Crippen LogP contribution in [0, 0.1) is 10.1 Å². The Kier molecular flexibility index (Phi) is 5.01. The number of nitrogens with one attached hydrogen (secondary N) is 1. The first kappa shape index (κ1) is 19.4. The minimum absolute atomic E-state index is 0.205. The van der Waals surface area contributed by atoms with Gasteiger partial charge >= 0.3 is 0 Å². The number of rotatable bonds is 6. The summed E-state index contributed by atoms with van der Waals surface area (Å²) < 4.78 is 33.8. The van der Waals surface area contributed by atoms with E-state index in [0.717, 1.165) is 53.4 Å². The van der Waals surface area contributed by atoms with E-state index < -0.39 is 25.5 Å². The number of nitrogens with zero attached hydrogens (tertiary/aromatic N) is 3. The van der Waals surface area contributed by atoms with Gasteiger partial charge in [-0.15, -0.1) is 0 Å². The number of methoxy groups -OCH3 is 1. The van der Waals surface area contributed by atoms with Crippen LogP contribution in [-0.4, -0.2) is 38.5 Å². The molecule has 29 heavy (non-hydrogen) atoms. The molecule has 1 saturated heterocycles. The van der Waals surface area contributed by atoms with Crippen LogP contribution in [0.1, 0.15) is 12.8 Å². The van der Waals surface area contributed by atoms with Crippen molar-refractivity contribution in [3.05, 3.63) is 46.5 Å². The van der Waals surface area contributed by atoms with Crippen molar-refractivity contribution >= 4 is 48.1 Å². The molecule has 11 heteroatoms. The second kappa shape index (κ2) is 7.48. The first-order valence-electron chi connectivity index (χ1n) is 8.88. The molecule has 152 valence electrons. The fourth-order valence-electron chi connectivity index (χ4n) is 3.22. The lowest BCUT2D eigenvalue weighted by Gasteiger charge is -2.11. The average Bonchev–Trinajstić information content (AvgIpc) is 3.36. The molecular formula is C18H18N4O5S2. The van der Waals surface area contributed by atoms with Crippen molar-refractivity contribution in [3.8, 4) is 5.75 Å². The van der Waals surface area contributed by atoms with Crippen molar-refractivity contribution in [1.82, 2.24) is 4.98 Å². The van der Waals surface area contributed by atoms with Crippen LogP contribution < -0.4 is 14.4 Å². The van der Waals surface area contributed by atoms with Gasteiger partial charge in [-0.3, -0.25) is 14.8 Å². The third-order valence-corrected chi connectivity index (χ3v) is 7.17. The third-order valence-electron chi connectivity index (χ3n) is 4.66. The van der Waals surface area contributed by atoms with E-state index in [1.807, 2.05) is 0 Å². The van der Waals surface area contributed by atoms with E-state index >= 15 is 0 Å². The Morgan fingerprint density at radius 3 is 2.66 bits per heavy atom. The van der Waals surface area contributed by atoms with Gasteiger partial charge in [0.1, 0.15) is 5.75 Å². The highest BCUT2D eigenvalue weighted by Gasteiger charge is 2.27. The molecule has 0 spiro atoms. The number of hydrogen-bond donors (Lipinski definition) is 1. The van der Waals surface area contributed by atoms with Gasteiger partial charge in [-0.2, -0.15) is 0 Å². The van der Waals surface area contributed by atoms with Crippen molar-refractivity contribution in [2.75, 3.05) is 29.8 Å². The zero-order valence-electron chi connectivity index (χ0n) is 15.5. The number of anilines is 2. The average molecular weight is 434 g/mol. The molecule has 4 rings (SSSR count). The van der Waals surface area contributed by atoms with Crippen LogP contribution in [0.25, 0.3) is 10.2 Å². The number of fused-ring (bicyclic) bond motifs is 1. The van der Waals surface area contributed by atoms with E-state index in [-0.39, 0.29) is 5.75 Å². The van der Waals surface area contributed by atoms with E-state index in [0.29, 0.717) is 5.69 Å². The van der Waals surface area contributed by atoms with Gasteiger partial charge in [0.05, 0.1) is 34.0 Å². The van der Waals surface area contributed by atoms with Crippen molar-refractivity contribution in [2.45, 2.75) is 17.7 Å². The molecule has 0 unspecified atom stereocenters. The van der Waals surface area contributed by atoms with Crippen molar-refractivity contribution in [2.24, 2.45) is 0 Å². The van der Waals surface area contributed by atoms with E-state index in [2.05, 4.69) is 14.6 Å². The van der Waals surface area contributed by atoms with Crippen molar-refractivity contribution in [3.63, 3.8) is 0 Å². The zero-order chi connectivity index (χ0) is 20.6. The van der Waals surface area contributed by atoms with E-state index in [1.54, 1.807) is 18.2 Å². The molecule has 0 amide bonds. The van der Waals surface area contributed by atoms with Gasteiger partial charge < -0.3 is 9.64 Å². The Balaban J connectivity index is 1.66. The molecule has 1 aliphatic rings. The number of thiazole rings is 1. The van der Waals surface area contributed by atoms with E-state index in [1.165, 1.54) is 24.5 Å². The van der Waals surface area contributed by atoms with Gasteiger partial charge in [0.15, 0.2) is 10.0 Å². The molecule has 0 atom stereocenters. The maximum atomic E-state index is 12.8. The molecule has 2 heterocycles. The van der Waals surface area contributed by atoms with Gasteiger partial charge in [-0.05, 0) is 43.2 Å². The molecule has 0 aliphatic carbocycles. The zero-order valence-corrected chi connectivity index (χ0v) is 17.1. The van der Waals surface area contributed by atoms with Crippen LogP contribution in [0.3, 0.4) is 0 Å². The Morgan fingerprint density at radius 1 is 1.21 bits per heavy atom. The van der Waals surface area contributed by atoms with Gasteiger partial charge in [-0.1, -0.05) is 11.3 Å². The normalized spacial score (nSPS) is 14.3. The summed E-state index contributed by atoms with van der Waals surface area (Å²) >= 11 is 1.50. The molecule has 1 aliphatic heterocycles. The summed E-state index contributed by atoms with van der Waals surface area (Å²) in [4.78, 5) is 17.0. The van der Waals surface area contributed by atoms with Crippen molar-refractivity contribution in [1.29, 1.82) is 0 Å². The number of aromatic nitrogens is 1. The minimum atomic E-state index is -4.16. The highest BCUT2D eigenvalue weighted by atomic mass is 32.2. The third kappa shape index (κ3) is 3.83. The molecule has 0 bridgehead atoms. The van der Waals surface area contributed by atoms with Crippen LogP contribution in [-0.2, 0) is 10.0 Å². The Bertz CT molecular complexity index is 1190. The minimum Gasteiger partial charge on any atom is -0.497 e. The lowest BCUT2D eigenvalue weighted by atomic mass is 10.3. The lowest BCUT2D eigenvalue weighted by Crippen LogP contribution is -2.16. The number of hydrogen-bond acceptors (Lipinski definition) is 8. The second-order valence-electron chi connectivity index (χ2n) is 6.57. The number of ether oxygens (including phenoxy) is 1. The summed E-state index contributed by atoms with van der Waals surface area (Å²) in [6, 6.07) is 8.66. The topological polar surface area (TPSA) is 115 Å². The fourth-order valence-corrected chi connectivity index (χ4v) is 5.48. The van der Waals surface area contributed by atoms with Gasteiger partial charge in [0.25, 0.3) is 15.7 Å². The molecule has 1 aromatic heterocycles. The number of benzene rings is 2. The standard InChI is InChI=1S/C18H18N4O5S2/c1-27-13-5-7-17(15(11-13)22(23)24)29(25,26)20-12-4-6-14-16(10-12)28-18(19-14)21-8-2-3-9-21/h4-7,10-11,20H,2-3,8-9H2,1H3. The summed E-state index contributed by atoms with van der Waals surface area (Å²) in [7, 11) is -2.81. The highest BCUT2D eigenvalue weighted by Crippen LogP contribution is 2.34. The van der Waals surface area contributed by atoms with E-state index in [9.17, 15) is 18.5 Å². The molecule has 0 radical (unpaired) electrons. The Labute approximate surface area is 171 Å². The molecule has 0 saturated carbocycles. The Morgan fingerprint density at radius 2 is 1.97 bits per heavy atom. The maximum Gasteiger partial charge on any atom is 0.293 e. The summed E-state index contributed by atoms with van der Waals surface area (Å²) in [5, 5.41) is 12.3. The smallest absolute Gasteiger partial charge is 0.293 e. The van der Waals surface area contributed by atoms with Crippen LogP contribution in [0.2, 0.25) is 0 Å². The second-order valence-corrected chi connectivity index (χ2v) is 9.23. The number of nitro benzene ring substituents is 1. The summed E-state index contributed by atoms with van der Waals surface area (Å²) in [5.74, 6) is 0.205. The van der Waals surface area contributed by atoms with Crippen LogP contribution in [0.15, 0.2) is 41.3 Å². The maximum absolute atomic E-state index is 12.8. The highest BCUT2D eigenvalue weighted by molar-refractivity contribution is 7.92. The first-order valence-corrected chi connectivity index (χ1v) is 11.2. The summed E-state index contributed by atoms with van der Waals surface area (Å²) in [6.07, 6.45) is 2.28. The molecule has 1 fully saturated rings. The molecule has 9 nitrogen and oxygen atoms in total. The van der Waals surface area contributed by atoms with Gasteiger partial charge in [-0.25, -0.2) is 13.4 Å². The monoisotopic (exact) mass is 434 g/mol. The SMILES string of the molecule is COc1ccc(S(=O)(=O)Nc2ccc3nc(N4CCCC4)sc3c2)c([N+](=O)[O-])c1.